The lowest BCUT2D eigenvalue weighted by Gasteiger charge is -2.23. The Balaban J connectivity index is 0. The van der Waals surface area contributed by atoms with Gasteiger partial charge in [-0.2, -0.15) is 0 Å². The number of carboxylic acid groups (broad SMARTS) is 1. The number of halogens is 2. The minimum Gasteiger partial charge on any atom is -0.480 e. The van der Waals surface area contributed by atoms with Crippen molar-refractivity contribution in [3.8, 4) is 0 Å². The van der Waals surface area contributed by atoms with Crippen molar-refractivity contribution in [2.45, 2.75) is 52.3 Å². The summed E-state index contributed by atoms with van der Waals surface area (Å²) >= 11 is 11.0. The molecule has 0 fully saturated rings. The van der Waals surface area contributed by atoms with E-state index in [-0.39, 0.29) is 11.8 Å². The first-order valence-corrected chi connectivity index (χ1v) is 7.82. The summed E-state index contributed by atoms with van der Waals surface area (Å²) in [7, 11) is 0. The Hall–Kier alpha value is -1.21. The number of aliphatic carboxylic acids is 1. The minimum atomic E-state index is -1.28. The molecule has 0 aliphatic rings. The van der Waals surface area contributed by atoms with Gasteiger partial charge in [0.05, 0.1) is 11.8 Å². The number of carbonyl (C=O) groups excluding carboxylic acids is 2. The lowest BCUT2D eigenvalue weighted by molar-refractivity contribution is -0.141. The summed E-state index contributed by atoms with van der Waals surface area (Å²) in [6, 6.07) is -2.37. The maximum absolute atomic E-state index is 11.8. The molecule has 0 rings (SSSR count). The van der Waals surface area contributed by atoms with Gasteiger partial charge in [0.2, 0.25) is 5.91 Å². The van der Waals surface area contributed by atoms with E-state index in [1.165, 1.54) is 0 Å². The van der Waals surface area contributed by atoms with Crippen molar-refractivity contribution in [3.05, 3.63) is 0 Å². The number of nitrogens with one attached hydrogen (secondary N) is 2. The van der Waals surface area contributed by atoms with Crippen LogP contribution in [0.3, 0.4) is 0 Å². The Morgan fingerprint density at radius 2 is 1.50 bits per heavy atom. The predicted molar refractivity (Wildman–Crippen MR) is 85.5 cm³/mol. The van der Waals surface area contributed by atoms with Crippen molar-refractivity contribution >= 4 is 41.2 Å². The molecular weight excluding hydrogens is 335 g/mol. The molecule has 0 saturated carbocycles. The van der Waals surface area contributed by atoms with Crippen LogP contribution in [0.25, 0.3) is 0 Å². The highest BCUT2D eigenvalue weighted by Crippen LogP contribution is 2.07. The number of rotatable bonds is 6. The molecule has 22 heavy (non-hydrogen) atoms. The standard InChI is InChI=1S/C11H18Cl2N2O5.C2H6/c1-11(2,3)20-10(19)15-6(4-12)8(16)14-7(5-13)9(17)18;1-2/h6-7H,4-5H2,1-3H3,(H,14,16)(H,15,19)(H,17,18);1-2H3/t6?,7-;/m0./s1. The SMILES string of the molecule is CC.CC(C)(C)OC(=O)NC(CCl)C(=O)N[C@@H](CCl)C(=O)O. The van der Waals surface area contributed by atoms with Crippen LogP contribution in [-0.2, 0) is 14.3 Å². The number of alkyl halides is 2. The van der Waals surface area contributed by atoms with Gasteiger partial charge < -0.3 is 20.5 Å². The van der Waals surface area contributed by atoms with Gasteiger partial charge in [-0.15, -0.1) is 23.2 Å². The first-order valence-electron chi connectivity index (χ1n) is 6.75. The van der Waals surface area contributed by atoms with Crippen LogP contribution in [0.15, 0.2) is 0 Å². The molecule has 0 aromatic heterocycles. The van der Waals surface area contributed by atoms with Crippen molar-refractivity contribution in [1.82, 2.24) is 10.6 Å². The monoisotopic (exact) mass is 358 g/mol. The molecule has 1 unspecified atom stereocenters. The van der Waals surface area contributed by atoms with Crippen molar-refractivity contribution in [2.24, 2.45) is 0 Å². The molecule has 0 heterocycles. The van der Waals surface area contributed by atoms with E-state index in [4.69, 9.17) is 33.0 Å². The van der Waals surface area contributed by atoms with E-state index in [1.54, 1.807) is 20.8 Å². The molecule has 2 atom stereocenters. The van der Waals surface area contributed by atoms with Crippen molar-refractivity contribution < 1.29 is 24.2 Å². The Labute approximate surface area is 140 Å². The fraction of sp³-hybridized carbons (Fsp3) is 0.769. The van der Waals surface area contributed by atoms with Crippen molar-refractivity contribution in [1.29, 1.82) is 0 Å². The predicted octanol–water partition coefficient (Wildman–Crippen LogP) is 1.95. The molecule has 0 aromatic rings. The third-order valence-corrected chi connectivity index (χ3v) is 2.55. The van der Waals surface area contributed by atoms with Crippen molar-refractivity contribution in [2.75, 3.05) is 11.8 Å². The van der Waals surface area contributed by atoms with E-state index in [9.17, 15) is 14.4 Å². The van der Waals surface area contributed by atoms with E-state index in [0.717, 1.165) is 0 Å². The highest BCUT2D eigenvalue weighted by Gasteiger charge is 2.27. The Kier molecular flexibility index (Phi) is 11.9. The second kappa shape index (κ2) is 11.4. The van der Waals surface area contributed by atoms with E-state index in [2.05, 4.69) is 10.6 Å². The van der Waals surface area contributed by atoms with Crippen LogP contribution in [0.5, 0.6) is 0 Å². The quantitative estimate of drug-likeness (QED) is 0.629. The van der Waals surface area contributed by atoms with Gasteiger partial charge in [0.25, 0.3) is 0 Å². The first kappa shape index (κ1) is 23.1. The van der Waals surface area contributed by atoms with Crippen LogP contribution in [0, 0.1) is 0 Å². The third-order valence-electron chi connectivity index (χ3n) is 1.93. The van der Waals surface area contributed by atoms with Crippen LogP contribution in [-0.4, -0.2) is 52.5 Å². The van der Waals surface area contributed by atoms with E-state index in [1.807, 2.05) is 13.8 Å². The molecule has 0 aromatic carbocycles. The summed E-state index contributed by atoms with van der Waals surface area (Å²) in [5.41, 5.74) is -0.725. The van der Waals surface area contributed by atoms with Gasteiger partial charge in [-0.05, 0) is 20.8 Å². The van der Waals surface area contributed by atoms with Crippen LogP contribution in [0.2, 0.25) is 0 Å². The van der Waals surface area contributed by atoms with Crippen LogP contribution >= 0.6 is 23.2 Å². The number of carbonyl (C=O) groups is 3. The third kappa shape index (κ3) is 10.5. The molecule has 0 saturated heterocycles. The lowest BCUT2D eigenvalue weighted by Crippen LogP contribution is -2.53. The molecule has 0 aliphatic carbocycles. The smallest absolute Gasteiger partial charge is 0.408 e. The van der Waals surface area contributed by atoms with Gasteiger partial charge in [0.1, 0.15) is 17.7 Å². The van der Waals surface area contributed by atoms with E-state index >= 15 is 0 Å². The van der Waals surface area contributed by atoms with E-state index in [0.29, 0.717) is 0 Å². The molecule has 0 spiro atoms. The number of hydrogen-bond donors (Lipinski definition) is 3. The second-order valence-electron chi connectivity index (χ2n) is 4.91. The highest BCUT2D eigenvalue weighted by atomic mass is 35.5. The number of carboxylic acids is 1. The molecule has 7 nitrogen and oxygen atoms in total. The molecular formula is C13H24Cl2N2O5. The van der Waals surface area contributed by atoms with Gasteiger partial charge >= 0.3 is 12.1 Å². The zero-order chi connectivity index (χ0) is 17.9. The van der Waals surface area contributed by atoms with Gasteiger partial charge in [-0.3, -0.25) is 4.79 Å². The molecule has 9 heteroatoms. The molecule has 0 aliphatic heterocycles. The number of ether oxygens (including phenoxy) is 1. The minimum absolute atomic E-state index is 0.236. The first-order chi connectivity index (χ1) is 10.1. The van der Waals surface area contributed by atoms with Gasteiger partial charge in [0.15, 0.2) is 0 Å². The Morgan fingerprint density at radius 3 is 1.82 bits per heavy atom. The molecule has 130 valence electrons. The van der Waals surface area contributed by atoms with Crippen LogP contribution in [0.1, 0.15) is 34.6 Å². The van der Waals surface area contributed by atoms with Gasteiger partial charge in [-0.1, -0.05) is 13.8 Å². The van der Waals surface area contributed by atoms with Crippen LogP contribution in [0.4, 0.5) is 4.79 Å². The van der Waals surface area contributed by atoms with Crippen molar-refractivity contribution in [3.63, 3.8) is 0 Å². The average Bonchev–Trinajstić information content (AvgIpc) is 2.41. The maximum Gasteiger partial charge on any atom is 0.408 e. The summed E-state index contributed by atoms with van der Waals surface area (Å²) in [5.74, 6) is -2.57. The molecule has 2 amide bonds. The average molecular weight is 359 g/mol. The maximum atomic E-state index is 11.8. The second-order valence-corrected chi connectivity index (χ2v) is 5.52. The zero-order valence-corrected chi connectivity index (χ0v) is 14.9. The summed E-state index contributed by atoms with van der Waals surface area (Å²) in [5, 5.41) is 13.2. The largest absolute Gasteiger partial charge is 0.480 e. The fourth-order valence-corrected chi connectivity index (χ4v) is 1.49. The number of hydrogen-bond acceptors (Lipinski definition) is 4. The number of amides is 2. The highest BCUT2D eigenvalue weighted by molar-refractivity contribution is 6.21. The topological polar surface area (TPSA) is 105 Å². The lowest BCUT2D eigenvalue weighted by atomic mass is 10.2. The normalized spacial score (nSPS) is 13.0. The van der Waals surface area contributed by atoms with Gasteiger partial charge in [0, 0.05) is 0 Å². The summed E-state index contributed by atoms with van der Waals surface area (Å²) < 4.78 is 4.97. The molecule has 3 N–H and O–H groups in total. The van der Waals surface area contributed by atoms with Crippen LogP contribution < -0.4 is 10.6 Å². The summed E-state index contributed by atoms with van der Waals surface area (Å²) in [6.07, 6.45) is -0.823. The fourth-order valence-electron chi connectivity index (χ4n) is 1.06. The molecule has 0 bridgehead atoms. The molecule has 0 radical (unpaired) electrons. The summed E-state index contributed by atoms with van der Waals surface area (Å²) in [6.45, 7) is 8.99. The Morgan fingerprint density at radius 1 is 1.05 bits per heavy atom. The number of alkyl carbamates (subject to hydrolysis) is 1. The zero-order valence-electron chi connectivity index (χ0n) is 13.4. The summed E-state index contributed by atoms with van der Waals surface area (Å²) in [4.78, 5) is 34.0. The van der Waals surface area contributed by atoms with E-state index < -0.39 is 35.7 Å². The van der Waals surface area contributed by atoms with Gasteiger partial charge in [-0.25, -0.2) is 9.59 Å². The Bertz CT molecular complexity index is 372.